The van der Waals surface area contributed by atoms with Gasteiger partial charge in [0.1, 0.15) is 12.0 Å². The summed E-state index contributed by atoms with van der Waals surface area (Å²) in [4.78, 5) is 13.7. The van der Waals surface area contributed by atoms with E-state index in [2.05, 4.69) is 39.5 Å². The van der Waals surface area contributed by atoms with Gasteiger partial charge in [-0.1, -0.05) is 13.8 Å². The quantitative estimate of drug-likeness (QED) is 0.769. The first-order valence-electron chi connectivity index (χ1n) is 7.82. The third-order valence-corrected chi connectivity index (χ3v) is 4.74. The highest BCUT2D eigenvalue weighted by molar-refractivity contribution is 5.81. The molecule has 1 heterocycles. The van der Waals surface area contributed by atoms with Crippen molar-refractivity contribution in [1.82, 2.24) is 0 Å². The lowest BCUT2D eigenvalue weighted by Gasteiger charge is -2.51. The van der Waals surface area contributed by atoms with Crippen molar-refractivity contribution >= 4 is 12.0 Å². The van der Waals surface area contributed by atoms with Gasteiger partial charge in [0.2, 0.25) is 0 Å². The number of hydrogen-bond acceptors (Lipinski definition) is 3. The van der Waals surface area contributed by atoms with E-state index in [9.17, 15) is 4.79 Å². The van der Waals surface area contributed by atoms with E-state index in [-0.39, 0.29) is 5.54 Å². The molecular formula is C18H27NO2. The molecule has 1 aromatic carbocycles. The van der Waals surface area contributed by atoms with Gasteiger partial charge in [-0.3, -0.25) is 4.79 Å². The molecule has 0 fully saturated rings. The van der Waals surface area contributed by atoms with Crippen LogP contribution in [0.1, 0.15) is 69.3 Å². The average Bonchev–Trinajstić information content (AvgIpc) is 2.45. The van der Waals surface area contributed by atoms with Crippen LogP contribution in [0.3, 0.4) is 0 Å². The molecule has 21 heavy (non-hydrogen) atoms. The summed E-state index contributed by atoms with van der Waals surface area (Å²) < 4.78 is 5.62. The lowest BCUT2D eigenvalue weighted by Crippen LogP contribution is -2.52. The van der Waals surface area contributed by atoms with Gasteiger partial charge in [0.15, 0.2) is 0 Å². The van der Waals surface area contributed by atoms with E-state index in [4.69, 9.17) is 4.74 Å². The highest BCUT2D eigenvalue weighted by Crippen LogP contribution is 2.49. The molecular weight excluding hydrogens is 262 g/mol. The van der Waals surface area contributed by atoms with Gasteiger partial charge in [-0.05, 0) is 57.2 Å². The maximum atomic E-state index is 11.2. The van der Waals surface area contributed by atoms with Crippen LogP contribution in [0.2, 0.25) is 0 Å². The number of benzene rings is 1. The first-order valence-corrected chi connectivity index (χ1v) is 7.82. The summed E-state index contributed by atoms with van der Waals surface area (Å²) in [6.07, 6.45) is 3.06. The molecule has 0 aliphatic carbocycles. The number of hydrogen-bond donors (Lipinski definition) is 0. The summed E-state index contributed by atoms with van der Waals surface area (Å²) in [5.41, 5.74) is 3.18. The molecule has 116 valence electrons. The second-order valence-electron chi connectivity index (χ2n) is 6.82. The van der Waals surface area contributed by atoms with E-state index in [0.29, 0.717) is 17.5 Å². The van der Waals surface area contributed by atoms with Crippen molar-refractivity contribution in [2.45, 2.75) is 65.0 Å². The number of anilines is 1. The van der Waals surface area contributed by atoms with Gasteiger partial charge in [0.05, 0.1) is 12.8 Å². The zero-order valence-corrected chi connectivity index (χ0v) is 14.1. The van der Waals surface area contributed by atoms with Crippen LogP contribution in [0.25, 0.3) is 0 Å². The summed E-state index contributed by atoms with van der Waals surface area (Å²) in [7, 11) is 1.69. The number of nitrogens with zero attached hydrogens (tertiary/aromatic N) is 1. The molecule has 0 saturated carbocycles. The smallest absolute Gasteiger partial charge is 0.150 e. The largest absolute Gasteiger partial charge is 0.495 e. The SMILES string of the molecule is CC[C@@H](C)N1c2c(OC)cc(C=O)cc2[C@@H](C)CC1(C)C. The van der Waals surface area contributed by atoms with Crippen molar-refractivity contribution in [3.63, 3.8) is 0 Å². The maximum Gasteiger partial charge on any atom is 0.150 e. The molecule has 0 spiro atoms. The molecule has 1 aliphatic rings. The van der Waals surface area contributed by atoms with Crippen LogP contribution in [0, 0.1) is 0 Å². The summed E-state index contributed by atoms with van der Waals surface area (Å²) in [5, 5.41) is 0. The number of aldehydes is 1. The van der Waals surface area contributed by atoms with Crippen LogP contribution in [-0.2, 0) is 0 Å². The van der Waals surface area contributed by atoms with Gasteiger partial charge in [-0.25, -0.2) is 0 Å². The molecule has 0 unspecified atom stereocenters. The molecule has 0 amide bonds. The predicted octanol–water partition coefficient (Wildman–Crippen LogP) is 4.40. The van der Waals surface area contributed by atoms with Crippen LogP contribution in [0.15, 0.2) is 12.1 Å². The van der Waals surface area contributed by atoms with E-state index in [1.54, 1.807) is 7.11 Å². The molecule has 2 atom stereocenters. The van der Waals surface area contributed by atoms with Crippen LogP contribution in [0.4, 0.5) is 5.69 Å². The van der Waals surface area contributed by atoms with E-state index >= 15 is 0 Å². The Morgan fingerprint density at radius 1 is 1.48 bits per heavy atom. The fourth-order valence-electron chi connectivity index (χ4n) is 3.77. The first-order chi connectivity index (χ1) is 9.85. The second kappa shape index (κ2) is 5.70. The zero-order valence-electron chi connectivity index (χ0n) is 14.1. The van der Waals surface area contributed by atoms with E-state index < -0.39 is 0 Å². The Bertz CT molecular complexity index is 536. The van der Waals surface area contributed by atoms with E-state index in [1.165, 1.54) is 11.3 Å². The van der Waals surface area contributed by atoms with Crippen molar-refractivity contribution in [2.75, 3.05) is 12.0 Å². The lowest BCUT2D eigenvalue weighted by molar-refractivity contribution is 0.112. The van der Waals surface area contributed by atoms with Gasteiger partial charge in [-0.15, -0.1) is 0 Å². The number of rotatable bonds is 4. The Labute approximate surface area is 128 Å². The fourth-order valence-corrected chi connectivity index (χ4v) is 3.77. The van der Waals surface area contributed by atoms with Gasteiger partial charge < -0.3 is 9.64 Å². The van der Waals surface area contributed by atoms with Gasteiger partial charge in [0.25, 0.3) is 0 Å². The Kier molecular flexibility index (Phi) is 4.31. The third-order valence-electron chi connectivity index (χ3n) is 4.74. The molecule has 0 radical (unpaired) electrons. The van der Waals surface area contributed by atoms with Crippen LogP contribution in [-0.4, -0.2) is 25.0 Å². The minimum Gasteiger partial charge on any atom is -0.495 e. The second-order valence-corrected chi connectivity index (χ2v) is 6.82. The Morgan fingerprint density at radius 2 is 2.14 bits per heavy atom. The summed E-state index contributed by atoms with van der Waals surface area (Å²) in [5.74, 6) is 1.23. The maximum absolute atomic E-state index is 11.2. The van der Waals surface area contributed by atoms with Crippen molar-refractivity contribution in [3.8, 4) is 5.75 Å². The summed E-state index contributed by atoms with van der Waals surface area (Å²) >= 11 is 0. The Morgan fingerprint density at radius 3 is 2.67 bits per heavy atom. The minimum absolute atomic E-state index is 0.0812. The normalized spacial score (nSPS) is 21.6. The van der Waals surface area contributed by atoms with Crippen molar-refractivity contribution < 1.29 is 9.53 Å². The number of ether oxygens (including phenoxy) is 1. The molecule has 0 aromatic heterocycles. The third kappa shape index (κ3) is 2.66. The van der Waals surface area contributed by atoms with Crippen LogP contribution < -0.4 is 9.64 Å². The van der Waals surface area contributed by atoms with Gasteiger partial charge in [-0.2, -0.15) is 0 Å². The molecule has 2 rings (SSSR count). The average molecular weight is 289 g/mol. The predicted molar refractivity (Wildman–Crippen MR) is 87.7 cm³/mol. The molecule has 0 bridgehead atoms. The van der Waals surface area contributed by atoms with Gasteiger partial charge >= 0.3 is 0 Å². The summed E-state index contributed by atoms with van der Waals surface area (Å²) in [6, 6.07) is 4.32. The standard InChI is InChI=1S/C18H27NO2/c1-7-13(3)19-17-15(12(2)10-18(19,4)5)8-14(11-20)9-16(17)21-6/h8-9,11-13H,7,10H2,1-6H3/t12-,13+/m0/s1. The van der Waals surface area contributed by atoms with Crippen LogP contribution in [0.5, 0.6) is 5.75 Å². The Balaban J connectivity index is 2.71. The first kappa shape index (κ1) is 15.9. The molecule has 0 saturated heterocycles. The van der Waals surface area contributed by atoms with Crippen molar-refractivity contribution in [2.24, 2.45) is 0 Å². The number of carbonyl (C=O) groups is 1. The molecule has 3 heteroatoms. The zero-order chi connectivity index (χ0) is 15.8. The lowest BCUT2D eigenvalue weighted by atomic mass is 9.78. The van der Waals surface area contributed by atoms with E-state index in [0.717, 1.165) is 24.9 Å². The molecule has 0 N–H and O–H groups in total. The molecule has 3 nitrogen and oxygen atoms in total. The monoisotopic (exact) mass is 289 g/mol. The topological polar surface area (TPSA) is 29.5 Å². The van der Waals surface area contributed by atoms with Gasteiger partial charge in [0, 0.05) is 17.1 Å². The Hall–Kier alpha value is -1.51. The number of fused-ring (bicyclic) bond motifs is 1. The van der Waals surface area contributed by atoms with Crippen molar-refractivity contribution in [1.29, 1.82) is 0 Å². The highest BCUT2D eigenvalue weighted by Gasteiger charge is 2.40. The van der Waals surface area contributed by atoms with E-state index in [1.807, 2.05) is 12.1 Å². The highest BCUT2D eigenvalue weighted by atomic mass is 16.5. The minimum atomic E-state index is 0.0812. The number of carbonyl (C=O) groups excluding carboxylic acids is 1. The molecule has 1 aliphatic heterocycles. The van der Waals surface area contributed by atoms with Crippen LogP contribution >= 0.6 is 0 Å². The molecule has 1 aromatic rings. The fraction of sp³-hybridized carbons (Fsp3) is 0.611. The summed E-state index contributed by atoms with van der Waals surface area (Å²) in [6.45, 7) is 11.3. The van der Waals surface area contributed by atoms with Crippen molar-refractivity contribution in [3.05, 3.63) is 23.3 Å². The number of methoxy groups -OCH3 is 1.